The molecule has 156 valence electrons. The largest absolute Gasteiger partial charge is 0.467 e. The standard InChI is InChI=1S/C21H17F3N2O4/c22-21(23,24)17-7-1-2-8-18(17)25-19(27)14-26(13-16-6-4-12-30-16)20(28)10-9-15-5-3-11-29-15/h1-12H,13-14H2,(H,25,27)/b10-9+. The number of amides is 2. The molecule has 1 N–H and O–H groups in total. The van der Waals surface area contributed by atoms with Crippen LogP contribution in [0.5, 0.6) is 0 Å². The number of nitrogens with one attached hydrogen (secondary N) is 1. The fourth-order valence-corrected chi connectivity index (χ4v) is 2.65. The van der Waals surface area contributed by atoms with Gasteiger partial charge in [0.15, 0.2) is 0 Å². The number of hydrogen-bond acceptors (Lipinski definition) is 4. The Morgan fingerprint density at radius 3 is 2.40 bits per heavy atom. The van der Waals surface area contributed by atoms with E-state index in [1.165, 1.54) is 36.8 Å². The molecule has 2 heterocycles. The molecule has 2 amide bonds. The zero-order chi connectivity index (χ0) is 21.6. The lowest BCUT2D eigenvalue weighted by Crippen LogP contribution is -2.36. The minimum absolute atomic E-state index is 0.0390. The van der Waals surface area contributed by atoms with Gasteiger partial charge in [0.2, 0.25) is 11.8 Å². The first-order chi connectivity index (χ1) is 14.3. The van der Waals surface area contributed by atoms with Crippen LogP contribution < -0.4 is 5.32 Å². The van der Waals surface area contributed by atoms with Gasteiger partial charge in [-0.15, -0.1) is 0 Å². The second-order valence-corrected chi connectivity index (χ2v) is 6.21. The lowest BCUT2D eigenvalue weighted by atomic mass is 10.1. The zero-order valence-corrected chi connectivity index (χ0v) is 15.6. The first-order valence-electron chi connectivity index (χ1n) is 8.82. The maximum Gasteiger partial charge on any atom is 0.418 e. The van der Waals surface area contributed by atoms with Crippen LogP contribution in [0.2, 0.25) is 0 Å². The van der Waals surface area contributed by atoms with E-state index in [4.69, 9.17) is 8.83 Å². The number of rotatable bonds is 7. The predicted molar refractivity (Wildman–Crippen MR) is 102 cm³/mol. The van der Waals surface area contributed by atoms with Crippen LogP contribution in [-0.4, -0.2) is 23.3 Å². The number of nitrogens with zero attached hydrogens (tertiary/aromatic N) is 1. The summed E-state index contributed by atoms with van der Waals surface area (Å²) in [7, 11) is 0. The van der Waals surface area contributed by atoms with Crippen molar-refractivity contribution in [3.63, 3.8) is 0 Å². The highest BCUT2D eigenvalue weighted by atomic mass is 19.4. The molecule has 0 unspecified atom stereocenters. The fraction of sp³-hybridized carbons (Fsp3) is 0.143. The second kappa shape index (κ2) is 9.17. The molecule has 0 atom stereocenters. The third-order valence-corrected chi connectivity index (χ3v) is 4.01. The lowest BCUT2D eigenvalue weighted by Gasteiger charge is -2.20. The van der Waals surface area contributed by atoms with Crippen molar-refractivity contribution in [3.05, 3.63) is 84.2 Å². The highest BCUT2D eigenvalue weighted by molar-refractivity contribution is 5.98. The van der Waals surface area contributed by atoms with Crippen LogP contribution >= 0.6 is 0 Å². The number of alkyl halides is 3. The SMILES string of the molecule is O=C(CN(Cc1ccco1)C(=O)/C=C/c1ccco1)Nc1ccccc1C(F)(F)F. The quantitative estimate of drug-likeness (QED) is 0.571. The average Bonchev–Trinajstić information content (AvgIpc) is 3.39. The van der Waals surface area contributed by atoms with Crippen molar-refractivity contribution in [2.24, 2.45) is 0 Å². The molecule has 0 aliphatic heterocycles. The molecule has 0 spiro atoms. The Morgan fingerprint density at radius 2 is 1.73 bits per heavy atom. The highest BCUT2D eigenvalue weighted by Gasteiger charge is 2.33. The number of halogens is 3. The number of benzene rings is 1. The monoisotopic (exact) mass is 418 g/mol. The molecule has 0 saturated heterocycles. The summed E-state index contributed by atoms with van der Waals surface area (Å²) >= 11 is 0. The smallest absolute Gasteiger partial charge is 0.418 e. The van der Waals surface area contributed by atoms with Crippen LogP contribution in [0.1, 0.15) is 17.1 Å². The maximum atomic E-state index is 13.1. The maximum absolute atomic E-state index is 13.1. The average molecular weight is 418 g/mol. The van der Waals surface area contributed by atoms with E-state index in [9.17, 15) is 22.8 Å². The summed E-state index contributed by atoms with van der Waals surface area (Å²) in [5, 5.41) is 2.23. The van der Waals surface area contributed by atoms with Crippen molar-refractivity contribution in [1.29, 1.82) is 0 Å². The van der Waals surface area contributed by atoms with Crippen LogP contribution in [0.25, 0.3) is 6.08 Å². The Morgan fingerprint density at radius 1 is 1.00 bits per heavy atom. The van der Waals surface area contributed by atoms with E-state index in [0.717, 1.165) is 17.0 Å². The van der Waals surface area contributed by atoms with E-state index in [0.29, 0.717) is 11.5 Å². The second-order valence-electron chi connectivity index (χ2n) is 6.21. The Kier molecular flexibility index (Phi) is 6.41. The Bertz CT molecular complexity index is 1010. The van der Waals surface area contributed by atoms with Gasteiger partial charge in [-0.2, -0.15) is 13.2 Å². The van der Waals surface area contributed by atoms with Gasteiger partial charge in [0.05, 0.1) is 30.3 Å². The summed E-state index contributed by atoms with van der Waals surface area (Å²) in [6.07, 6.45) is 0.860. The number of anilines is 1. The minimum atomic E-state index is -4.63. The molecule has 30 heavy (non-hydrogen) atoms. The summed E-state index contributed by atoms with van der Waals surface area (Å²) in [6.45, 7) is -0.517. The predicted octanol–water partition coefficient (Wildman–Crippen LogP) is 4.57. The van der Waals surface area contributed by atoms with Gasteiger partial charge in [0, 0.05) is 6.08 Å². The summed E-state index contributed by atoms with van der Waals surface area (Å²) in [5.41, 5.74) is -1.36. The Hall–Kier alpha value is -3.75. The Balaban J connectivity index is 1.74. The summed E-state index contributed by atoms with van der Waals surface area (Å²) in [6, 6.07) is 11.2. The molecule has 0 fully saturated rings. The molecule has 1 aromatic carbocycles. The number of para-hydroxylation sites is 1. The van der Waals surface area contributed by atoms with Crippen LogP contribution in [0.4, 0.5) is 18.9 Å². The van der Waals surface area contributed by atoms with E-state index >= 15 is 0 Å². The van der Waals surface area contributed by atoms with Gasteiger partial charge in [-0.3, -0.25) is 9.59 Å². The van der Waals surface area contributed by atoms with Gasteiger partial charge in [-0.25, -0.2) is 0 Å². The molecular formula is C21H17F3N2O4. The summed E-state index contributed by atoms with van der Waals surface area (Å²) < 4.78 is 49.7. The Labute approximate surface area is 169 Å². The van der Waals surface area contributed by atoms with Gasteiger partial charge < -0.3 is 19.1 Å². The molecule has 0 saturated carbocycles. The summed E-state index contributed by atoms with van der Waals surface area (Å²) in [5.74, 6) is -0.469. The molecule has 0 bridgehead atoms. The molecule has 6 nitrogen and oxygen atoms in total. The minimum Gasteiger partial charge on any atom is -0.467 e. The van der Waals surface area contributed by atoms with Gasteiger partial charge in [0.1, 0.15) is 18.1 Å². The van der Waals surface area contributed by atoms with Crippen molar-refractivity contribution < 1.29 is 31.6 Å². The molecule has 2 aromatic heterocycles. The van der Waals surface area contributed by atoms with Crippen LogP contribution in [-0.2, 0) is 22.3 Å². The molecule has 9 heteroatoms. The highest BCUT2D eigenvalue weighted by Crippen LogP contribution is 2.34. The van der Waals surface area contributed by atoms with E-state index in [1.807, 2.05) is 0 Å². The lowest BCUT2D eigenvalue weighted by molar-refractivity contribution is -0.137. The van der Waals surface area contributed by atoms with Crippen LogP contribution in [0, 0.1) is 0 Å². The molecule has 3 aromatic rings. The number of hydrogen-bond donors (Lipinski definition) is 1. The third kappa shape index (κ3) is 5.63. The fourth-order valence-electron chi connectivity index (χ4n) is 2.65. The number of furan rings is 2. The van der Waals surface area contributed by atoms with Crippen molar-refractivity contribution in [1.82, 2.24) is 4.90 Å². The van der Waals surface area contributed by atoms with Crippen molar-refractivity contribution in [2.45, 2.75) is 12.7 Å². The zero-order valence-electron chi connectivity index (χ0n) is 15.6. The number of carbonyl (C=O) groups is 2. The van der Waals surface area contributed by atoms with Gasteiger partial charge in [0.25, 0.3) is 0 Å². The normalized spacial score (nSPS) is 11.6. The molecule has 3 rings (SSSR count). The van der Waals surface area contributed by atoms with Crippen molar-refractivity contribution >= 4 is 23.6 Å². The van der Waals surface area contributed by atoms with Gasteiger partial charge >= 0.3 is 6.18 Å². The van der Waals surface area contributed by atoms with E-state index in [-0.39, 0.29) is 12.2 Å². The molecule has 0 radical (unpaired) electrons. The summed E-state index contributed by atoms with van der Waals surface area (Å²) in [4.78, 5) is 26.1. The first kappa shape index (κ1) is 21.0. The molecule has 0 aliphatic rings. The molecule has 0 aliphatic carbocycles. The van der Waals surface area contributed by atoms with Gasteiger partial charge in [-0.1, -0.05) is 12.1 Å². The topological polar surface area (TPSA) is 75.7 Å². The van der Waals surface area contributed by atoms with E-state index in [1.54, 1.807) is 24.3 Å². The third-order valence-electron chi connectivity index (χ3n) is 4.01. The van der Waals surface area contributed by atoms with Crippen molar-refractivity contribution in [3.8, 4) is 0 Å². The first-order valence-corrected chi connectivity index (χ1v) is 8.82. The van der Waals surface area contributed by atoms with Crippen molar-refractivity contribution in [2.75, 3.05) is 11.9 Å². The van der Waals surface area contributed by atoms with E-state index < -0.39 is 30.1 Å². The van der Waals surface area contributed by atoms with Crippen LogP contribution in [0.15, 0.2) is 76.0 Å². The van der Waals surface area contributed by atoms with Gasteiger partial charge in [-0.05, 0) is 42.5 Å². The van der Waals surface area contributed by atoms with Crippen LogP contribution in [0.3, 0.4) is 0 Å². The van der Waals surface area contributed by atoms with E-state index in [2.05, 4.69) is 5.32 Å². The molecular weight excluding hydrogens is 401 g/mol. The number of carbonyl (C=O) groups excluding carboxylic acids is 2.